The van der Waals surface area contributed by atoms with Crippen LogP contribution in [0.2, 0.25) is 0 Å². The summed E-state index contributed by atoms with van der Waals surface area (Å²) in [6, 6.07) is 0. The maximum absolute atomic E-state index is 3.34. The van der Waals surface area contributed by atoms with Gasteiger partial charge in [0, 0.05) is 19.5 Å². The Morgan fingerprint density at radius 3 is 2.70 bits per heavy atom. The fourth-order valence-electron chi connectivity index (χ4n) is 1.75. The van der Waals surface area contributed by atoms with Gasteiger partial charge < -0.3 is 5.32 Å². The van der Waals surface area contributed by atoms with E-state index < -0.39 is 0 Å². The molecule has 0 aliphatic carbocycles. The van der Waals surface area contributed by atoms with Crippen LogP contribution in [0.1, 0.15) is 19.3 Å². The number of nitrogens with one attached hydrogen (secondary N) is 1. The lowest BCUT2D eigenvalue weighted by atomic mass is 10.3. The van der Waals surface area contributed by atoms with Crippen molar-refractivity contribution in [2.24, 2.45) is 0 Å². The van der Waals surface area contributed by atoms with E-state index in [-0.39, 0.29) is 0 Å². The van der Waals surface area contributed by atoms with Crippen LogP contribution in [0.3, 0.4) is 0 Å². The number of hydrogen-bond acceptors (Lipinski definition) is 2. The molecule has 0 spiro atoms. The van der Waals surface area contributed by atoms with Crippen molar-refractivity contribution in [1.82, 2.24) is 10.2 Å². The van der Waals surface area contributed by atoms with Crippen molar-refractivity contribution in [3.05, 3.63) is 12.3 Å². The smallest absolute Gasteiger partial charge is 0.0824 e. The van der Waals surface area contributed by atoms with Crippen LogP contribution in [0.4, 0.5) is 0 Å². The van der Waals surface area contributed by atoms with Gasteiger partial charge in [-0.3, -0.25) is 4.90 Å². The van der Waals surface area contributed by atoms with Crippen LogP contribution >= 0.6 is 0 Å². The summed E-state index contributed by atoms with van der Waals surface area (Å²) in [6.45, 7) is 2.58. The summed E-state index contributed by atoms with van der Waals surface area (Å²) in [5.74, 6) is 0. The van der Waals surface area contributed by atoms with Crippen molar-refractivity contribution in [3.8, 4) is 0 Å². The maximum atomic E-state index is 3.34. The average Bonchev–Trinajstić information content (AvgIpc) is 2.59. The third-order valence-corrected chi connectivity index (χ3v) is 2.35. The van der Waals surface area contributed by atoms with Crippen LogP contribution in [-0.2, 0) is 0 Å². The zero-order chi connectivity index (χ0) is 6.81. The molecule has 2 aliphatic rings. The van der Waals surface area contributed by atoms with E-state index in [1.54, 1.807) is 0 Å². The highest BCUT2D eigenvalue weighted by molar-refractivity contribution is 4.95. The molecular weight excluding hydrogens is 124 g/mol. The average molecular weight is 138 g/mol. The van der Waals surface area contributed by atoms with E-state index in [9.17, 15) is 0 Å². The summed E-state index contributed by atoms with van der Waals surface area (Å²) in [6.07, 6.45) is 8.88. The van der Waals surface area contributed by atoms with Gasteiger partial charge in [0.2, 0.25) is 0 Å². The Kier molecular flexibility index (Phi) is 1.63. The van der Waals surface area contributed by atoms with Gasteiger partial charge in [0.1, 0.15) is 0 Å². The molecule has 0 aromatic carbocycles. The lowest BCUT2D eigenvalue weighted by Gasteiger charge is -2.23. The first-order valence-corrected chi connectivity index (χ1v) is 4.12. The van der Waals surface area contributed by atoms with Gasteiger partial charge in [-0.15, -0.1) is 0 Å². The number of likely N-dealkylation sites (tertiary alicyclic amines) is 1. The largest absolute Gasteiger partial charge is 0.376 e. The van der Waals surface area contributed by atoms with Gasteiger partial charge in [-0.2, -0.15) is 0 Å². The van der Waals surface area contributed by atoms with E-state index in [2.05, 4.69) is 22.5 Å². The minimum atomic E-state index is 0.627. The molecule has 1 N–H and O–H groups in total. The Morgan fingerprint density at radius 1 is 1.30 bits per heavy atom. The van der Waals surface area contributed by atoms with Gasteiger partial charge in [-0.05, 0) is 19.0 Å². The molecule has 1 fully saturated rings. The standard InChI is InChI=1S/C8H14N2/c1-2-7-10(6-1)8-4-3-5-9-8/h3,5,8-9H,1-2,4,6-7H2. The second-order valence-corrected chi connectivity index (χ2v) is 3.06. The molecule has 0 aromatic rings. The van der Waals surface area contributed by atoms with Gasteiger partial charge in [0.25, 0.3) is 0 Å². The molecule has 2 heteroatoms. The van der Waals surface area contributed by atoms with Crippen molar-refractivity contribution in [2.75, 3.05) is 13.1 Å². The fourth-order valence-corrected chi connectivity index (χ4v) is 1.75. The van der Waals surface area contributed by atoms with Crippen LogP contribution in [0.15, 0.2) is 12.3 Å². The zero-order valence-electron chi connectivity index (χ0n) is 6.21. The fraction of sp³-hybridized carbons (Fsp3) is 0.750. The second-order valence-electron chi connectivity index (χ2n) is 3.06. The molecule has 0 bridgehead atoms. The highest BCUT2D eigenvalue weighted by Gasteiger charge is 2.21. The molecule has 0 amide bonds. The Hall–Kier alpha value is -0.500. The summed E-state index contributed by atoms with van der Waals surface area (Å²) < 4.78 is 0. The van der Waals surface area contributed by atoms with Crippen molar-refractivity contribution >= 4 is 0 Å². The molecule has 1 unspecified atom stereocenters. The minimum absolute atomic E-state index is 0.627. The lowest BCUT2D eigenvalue weighted by molar-refractivity contribution is 0.231. The van der Waals surface area contributed by atoms with E-state index in [1.165, 1.54) is 32.4 Å². The Balaban J connectivity index is 1.87. The van der Waals surface area contributed by atoms with Gasteiger partial charge >= 0.3 is 0 Å². The second kappa shape index (κ2) is 2.62. The first-order valence-electron chi connectivity index (χ1n) is 4.12. The van der Waals surface area contributed by atoms with Gasteiger partial charge in [-0.25, -0.2) is 0 Å². The molecule has 0 radical (unpaired) electrons. The van der Waals surface area contributed by atoms with Crippen LogP contribution in [0.5, 0.6) is 0 Å². The van der Waals surface area contributed by atoms with Gasteiger partial charge in [-0.1, -0.05) is 6.08 Å². The van der Waals surface area contributed by atoms with Crippen molar-refractivity contribution < 1.29 is 0 Å². The van der Waals surface area contributed by atoms with Crippen molar-refractivity contribution in [3.63, 3.8) is 0 Å². The van der Waals surface area contributed by atoms with E-state index in [1.807, 2.05) is 0 Å². The molecule has 0 aromatic heterocycles. The molecule has 2 aliphatic heterocycles. The van der Waals surface area contributed by atoms with Crippen LogP contribution in [-0.4, -0.2) is 24.2 Å². The highest BCUT2D eigenvalue weighted by Crippen LogP contribution is 2.14. The highest BCUT2D eigenvalue weighted by atomic mass is 15.3. The normalized spacial score (nSPS) is 33.0. The SMILES string of the molecule is C1=CNC(N2CCCC2)C1. The molecule has 1 saturated heterocycles. The monoisotopic (exact) mass is 138 g/mol. The van der Waals surface area contributed by atoms with E-state index >= 15 is 0 Å². The summed E-state index contributed by atoms with van der Waals surface area (Å²) in [7, 11) is 0. The van der Waals surface area contributed by atoms with E-state index in [4.69, 9.17) is 0 Å². The van der Waals surface area contributed by atoms with E-state index in [0.717, 1.165) is 0 Å². The number of rotatable bonds is 1. The van der Waals surface area contributed by atoms with Gasteiger partial charge in [0.15, 0.2) is 0 Å². The molecule has 0 saturated carbocycles. The lowest BCUT2D eigenvalue weighted by Crippen LogP contribution is -2.38. The van der Waals surface area contributed by atoms with Crippen molar-refractivity contribution in [1.29, 1.82) is 0 Å². The first-order chi connectivity index (χ1) is 4.97. The summed E-state index contributed by atoms with van der Waals surface area (Å²) >= 11 is 0. The maximum Gasteiger partial charge on any atom is 0.0824 e. The molecule has 2 heterocycles. The Bertz CT molecular complexity index is 128. The van der Waals surface area contributed by atoms with Gasteiger partial charge in [0.05, 0.1) is 6.17 Å². The predicted molar refractivity (Wildman–Crippen MR) is 41.5 cm³/mol. The molecule has 1 atom stereocenters. The molecule has 2 rings (SSSR count). The quantitative estimate of drug-likeness (QED) is 0.579. The van der Waals surface area contributed by atoms with Crippen LogP contribution in [0.25, 0.3) is 0 Å². The molecule has 2 nitrogen and oxygen atoms in total. The Morgan fingerprint density at radius 2 is 2.10 bits per heavy atom. The summed E-state index contributed by atoms with van der Waals surface area (Å²) in [5, 5.41) is 3.34. The summed E-state index contributed by atoms with van der Waals surface area (Å²) in [5.41, 5.74) is 0. The first kappa shape index (κ1) is 6.23. The molecular formula is C8H14N2. The van der Waals surface area contributed by atoms with Crippen molar-refractivity contribution in [2.45, 2.75) is 25.4 Å². The third kappa shape index (κ3) is 1.03. The number of hydrogen-bond donors (Lipinski definition) is 1. The predicted octanol–water partition coefficient (Wildman–Crippen LogP) is 0.915. The van der Waals surface area contributed by atoms with Crippen LogP contribution < -0.4 is 5.32 Å². The molecule has 56 valence electrons. The Labute approximate surface area is 61.9 Å². The molecule has 10 heavy (non-hydrogen) atoms. The van der Waals surface area contributed by atoms with E-state index in [0.29, 0.717) is 6.17 Å². The topological polar surface area (TPSA) is 15.3 Å². The number of nitrogens with zero attached hydrogens (tertiary/aromatic N) is 1. The third-order valence-electron chi connectivity index (χ3n) is 2.35. The zero-order valence-corrected chi connectivity index (χ0v) is 6.21. The summed E-state index contributed by atoms with van der Waals surface area (Å²) in [4.78, 5) is 2.53. The minimum Gasteiger partial charge on any atom is -0.376 e. The van der Waals surface area contributed by atoms with Crippen LogP contribution in [0, 0.1) is 0 Å².